The first kappa shape index (κ1) is 24.9. The highest BCUT2D eigenvalue weighted by atomic mass is 16.5. The van der Waals surface area contributed by atoms with Crippen LogP contribution in [0.5, 0.6) is 0 Å². The lowest BCUT2D eigenvalue weighted by Gasteiger charge is -2.36. The van der Waals surface area contributed by atoms with E-state index in [0.29, 0.717) is 37.4 Å². The number of carbonyl (C=O) groups is 2. The molecule has 2 aliphatic rings. The van der Waals surface area contributed by atoms with Crippen LogP contribution >= 0.6 is 0 Å². The summed E-state index contributed by atoms with van der Waals surface area (Å²) in [5.74, 6) is 6.15. The Morgan fingerprint density at radius 2 is 1.66 bits per heavy atom. The second-order valence-electron chi connectivity index (χ2n) is 10.2. The fourth-order valence-corrected chi connectivity index (χ4v) is 5.74. The number of likely N-dealkylation sites (tertiary alicyclic amines) is 1. The predicted molar refractivity (Wildman–Crippen MR) is 154 cm³/mol. The number of benzene rings is 2. The average molecular weight is 542 g/mol. The second kappa shape index (κ2) is 10.5. The number of hydrogen-bond donors (Lipinski definition) is 1. The molecule has 8 nitrogen and oxygen atoms in total. The zero-order valence-electron chi connectivity index (χ0n) is 22.2. The molecule has 1 N–H and O–H groups in total. The van der Waals surface area contributed by atoms with E-state index in [1.165, 1.54) is 0 Å². The molecule has 0 saturated carbocycles. The van der Waals surface area contributed by atoms with Crippen molar-refractivity contribution in [2.75, 3.05) is 26.2 Å². The van der Waals surface area contributed by atoms with E-state index in [2.05, 4.69) is 22.0 Å². The molecule has 5 aromatic rings. The number of hydrogen-bond acceptors (Lipinski definition) is 4. The van der Waals surface area contributed by atoms with Crippen LogP contribution in [0, 0.1) is 11.8 Å². The summed E-state index contributed by atoms with van der Waals surface area (Å²) in [4.78, 5) is 31.1. The highest BCUT2D eigenvalue weighted by Crippen LogP contribution is 2.30. The van der Waals surface area contributed by atoms with Gasteiger partial charge in [-0.1, -0.05) is 36.1 Å². The number of morpholine rings is 1. The van der Waals surface area contributed by atoms with E-state index in [0.717, 1.165) is 28.0 Å². The number of ether oxygens (including phenoxy) is 1. The number of fused-ring (bicyclic) bond motifs is 2. The third kappa shape index (κ3) is 4.66. The summed E-state index contributed by atoms with van der Waals surface area (Å²) in [6, 6.07) is 26.6. The van der Waals surface area contributed by atoms with Crippen LogP contribution in [0.4, 0.5) is 0 Å². The predicted octanol–water partition coefficient (Wildman–Crippen LogP) is 4.09. The van der Waals surface area contributed by atoms with Crippen molar-refractivity contribution in [3.8, 4) is 23.2 Å². The first-order valence-corrected chi connectivity index (χ1v) is 13.6. The van der Waals surface area contributed by atoms with Gasteiger partial charge >= 0.3 is 0 Å². The Balaban J connectivity index is 1.10. The van der Waals surface area contributed by atoms with Gasteiger partial charge in [0.05, 0.1) is 41.2 Å². The molecule has 0 spiro atoms. The highest BCUT2D eigenvalue weighted by Gasteiger charge is 2.44. The maximum atomic E-state index is 14.0. The summed E-state index contributed by atoms with van der Waals surface area (Å²) in [5.41, 5.74) is 5.52. The molecule has 202 valence electrons. The summed E-state index contributed by atoms with van der Waals surface area (Å²) in [5, 5.41) is 7.07. The SMILES string of the molecule is O=C(c1ccc(C#Cc2ccccc2)cc1)N1C[C@H]2OCCN(C(=O)c3cc(-c4ccn[nH]4)n4ccccc34)[C@H]2C1. The minimum atomic E-state index is -0.228. The van der Waals surface area contributed by atoms with Crippen LogP contribution in [-0.4, -0.2) is 74.6 Å². The standard InChI is InChI=1S/C33H27N5O3/c39-32(25-13-11-24(12-14-25)10-9-23-6-2-1-3-7-23)36-21-30-31(22-36)41-19-18-38(30)33(40)26-20-29(27-15-16-34-35-27)37-17-5-4-8-28(26)37/h1-8,11-17,20,30-31H,18-19,21-22H2,(H,34,35)/t30-,31+/m0/s1. The van der Waals surface area contributed by atoms with E-state index in [4.69, 9.17) is 4.74 Å². The monoisotopic (exact) mass is 541 g/mol. The van der Waals surface area contributed by atoms with Crippen LogP contribution in [0.3, 0.4) is 0 Å². The van der Waals surface area contributed by atoms with Gasteiger partial charge in [-0.25, -0.2) is 0 Å². The first-order chi connectivity index (χ1) is 20.2. The van der Waals surface area contributed by atoms with Gasteiger partial charge in [0.1, 0.15) is 0 Å². The number of nitrogens with one attached hydrogen (secondary N) is 1. The number of amides is 2. The lowest BCUT2D eigenvalue weighted by molar-refractivity contribution is -0.0368. The quantitative estimate of drug-likeness (QED) is 0.349. The van der Waals surface area contributed by atoms with Gasteiger partial charge in [-0.2, -0.15) is 5.10 Å². The van der Waals surface area contributed by atoms with Gasteiger partial charge in [0.15, 0.2) is 0 Å². The maximum absolute atomic E-state index is 14.0. The van der Waals surface area contributed by atoms with Gasteiger partial charge in [-0.05, 0) is 60.7 Å². The molecule has 8 heteroatoms. The molecule has 2 saturated heterocycles. The molecule has 2 atom stereocenters. The van der Waals surface area contributed by atoms with Crippen molar-refractivity contribution >= 4 is 17.3 Å². The van der Waals surface area contributed by atoms with Crippen LogP contribution in [0.25, 0.3) is 16.9 Å². The van der Waals surface area contributed by atoms with Crippen molar-refractivity contribution in [3.63, 3.8) is 0 Å². The number of nitrogens with zero attached hydrogens (tertiary/aromatic N) is 4. The summed E-state index contributed by atoms with van der Waals surface area (Å²) in [7, 11) is 0. The van der Waals surface area contributed by atoms with E-state index < -0.39 is 0 Å². The fraction of sp³-hybridized carbons (Fsp3) is 0.182. The van der Waals surface area contributed by atoms with E-state index in [-0.39, 0.29) is 24.0 Å². The molecular weight excluding hydrogens is 514 g/mol. The van der Waals surface area contributed by atoms with Crippen molar-refractivity contribution in [1.82, 2.24) is 24.4 Å². The third-order valence-electron chi connectivity index (χ3n) is 7.79. The van der Waals surface area contributed by atoms with Crippen molar-refractivity contribution in [2.24, 2.45) is 0 Å². The van der Waals surface area contributed by atoms with Crippen molar-refractivity contribution < 1.29 is 14.3 Å². The Kier molecular flexibility index (Phi) is 6.34. The number of carbonyl (C=O) groups excluding carboxylic acids is 2. The Labute approximate surface area is 237 Å². The van der Waals surface area contributed by atoms with E-state index in [1.54, 1.807) is 11.1 Å². The molecule has 3 aromatic heterocycles. The first-order valence-electron chi connectivity index (χ1n) is 13.6. The molecule has 2 amide bonds. The number of aromatic nitrogens is 3. The summed E-state index contributed by atoms with van der Waals surface area (Å²) in [6.07, 6.45) is 3.41. The van der Waals surface area contributed by atoms with Crippen LogP contribution < -0.4 is 0 Å². The Bertz CT molecular complexity index is 1780. The Morgan fingerprint density at radius 1 is 0.878 bits per heavy atom. The van der Waals surface area contributed by atoms with E-state index >= 15 is 0 Å². The molecule has 0 unspecified atom stereocenters. The molecule has 2 aromatic carbocycles. The molecule has 2 aliphatic heterocycles. The van der Waals surface area contributed by atoms with Gasteiger partial charge in [-0.3, -0.25) is 14.7 Å². The lowest BCUT2D eigenvalue weighted by atomic mass is 10.1. The maximum Gasteiger partial charge on any atom is 0.256 e. The molecule has 0 radical (unpaired) electrons. The normalized spacial score (nSPS) is 18.1. The van der Waals surface area contributed by atoms with Crippen LogP contribution in [0.1, 0.15) is 31.8 Å². The zero-order valence-corrected chi connectivity index (χ0v) is 22.2. The topological polar surface area (TPSA) is 82.9 Å². The summed E-state index contributed by atoms with van der Waals surface area (Å²) < 4.78 is 8.05. The van der Waals surface area contributed by atoms with Crippen LogP contribution in [0.2, 0.25) is 0 Å². The minimum Gasteiger partial charge on any atom is -0.372 e. The molecule has 7 rings (SSSR count). The molecule has 41 heavy (non-hydrogen) atoms. The van der Waals surface area contributed by atoms with Gasteiger partial charge < -0.3 is 18.9 Å². The Hall–Kier alpha value is -5.13. The van der Waals surface area contributed by atoms with Crippen LogP contribution in [-0.2, 0) is 4.74 Å². The molecule has 2 fully saturated rings. The van der Waals surface area contributed by atoms with Gasteiger partial charge in [0.25, 0.3) is 11.8 Å². The van der Waals surface area contributed by atoms with Gasteiger partial charge in [0, 0.05) is 48.7 Å². The molecule has 5 heterocycles. The summed E-state index contributed by atoms with van der Waals surface area (Å²) >= 11 is 0. The Morgan fingerprint density at radius 3 is 2.44 bits per heavy atom. The zero-order chi connectivity index (χ0) is 27.8. The lowest BCUT2D eigenvalue weighted by Crippen LogP contribution is -2.53. The van der Waals surface area contributed by atoms with Gasteiger partial charge in [-0.15, -0.1) is 0 Å². The van der Waals surface area contributed by atoms with Crippen molar-refractivity contribution in [3.05, 3.63) is 120 Å². The molecular formula is C33H27N5O3. The van der Waals surface area contributed by atoms with Crippen molar-refractivity contribution in [2.45, 2.75) is 12.1 Å². The minimum absolute atomic E-state index is 0.0617. The summed E-state index contributed by atoms with van der Waals surface area (Å²) in [6.45, 7) is 1.77. The van der Waals surface area contributed by atoms with Crippen LogP contribution in [0.15, 0.2) is 97.3 Å². The van der Waals surface area contributed by atoms with E-state index in [1.807, 2.05) is 100 Å². The second-order valence-corrected chi connectivity index (χ2v) is 10.2. The smallest absolute Gasteiger partial charge is 0.256 e. The average Bonchev–Trinajstić information content (AvgIpc) is 3.79. The molecule has 0 aliphatic carbocycles. The van der Waals surface area contributed by atoms with Crippen molar-refractivity contribution in [1.29, 1.82) is 0 Å². The third-order valence-corrected chi connectivity index (χ3v) is 7.79. The highest BCUT2D eigenvalue weighted by molar-refractivity contribution is 6.03. The van der Waals surface area contributed by atoms with E-state index in [9.17, 15) is 9.59 Å². The number of rotatable bonds is 3. The fourth-order valence-electron chi connectivity index (χ4n) is 5.74. The molecule has 0 bridgehead atoms. The number of pyridine rings is 1. The largest absolute Gasteiger partial charge is 0.372 e. The number of H-pyrrole nitrogens is 1. The number of aromatic amines is 1. The van der Waals surface area contributed by atoms with Gasteiger partial charge in [0.2, 0.25) is 0 Å².